The third-order valence-electron chi connectivity index (χ3n) is 4.11. The van der Waals surface area contributed by atoms with Gasteiger partial charge in [-0.25, -0.2) is 17.5 Å². The largest absolute Gasteiger partial charge is 0.372 e. The van der Waals surface area contributed by atoms with Crippen LogP contribution in [-0.2, 0) is 26.1 Å². The minimum Gasteiger partial charge on any atom is -0.372 e. The number of benzene rings is 2. The molecule has 2 rings (SSSR count). The molecule has 0 saturated carbocycles. The van der Waals surface area contributed by atoms with Gasteiger partial charge in [-0.3, -0.25) is 0 Å². The molecule has 1 N–H and O–H groups in total. The molecular formula is C18H22FNO3S. The van der Waals surface area contributed by atoms with E-state index in [9.17, 15) is 12.8 Å². The number of hydrogen-bond acceptors (Lipinski definition) is 3. The zero-order chi connectivity index (χ0) is 17.6. The highest BCUT2D eigenvalue weighted by Crippen LogP contribution is 2.28. The summed E-state index contributed by atoms with van der Waals surface area (Å²) in [6.45, 7) is 2.08. The summed E-state index contributed by atoms with van der Waals surface area (Å²) in [5.74, 6) is -0.594. The predicted octanol–water partition coefficient (Wildman–Crippen LogP) is 3.20. The summed E-state index contributed by atoms with van der Waals surface area (Å²) in [7, 11) is -1.99. The van der Waals surface area contributed by atoms with Crippen LogP contribution in [0.25, 0.3) is 0 Å². The van der Waals surface area contributed by atoms with E-state index in [0.29, 0.717) is 12.0 Å². The van der Waals surface area contributed by atoms with Crippen LogP contribution in [0, 0.1) is 5.82 Å². The number of nitrogens with one attached hydrogen (secondary N) is 1. The maximum absolute atomic E-state index is 12.9. The van der Waals surface area contributed by atoms with E-state index in [1.165, 1.54) is 24.3 Å². The molecule has 0 radical (unpaired) electrons. The van der Waals surface area contributed by atoms with Gasteiger partial charge in [0.25, 0.3) is 0 Å². The molecule has 24 heavy (non-hydrogen) atoms. The van der Waals surface area contributed by atoms with Crippen molar-refractivity contribution in [2.75, 3.05) is 13.7 Å². The molecule has 1 atom stereocenters. The van der Waals surface area contributed by atoms with E-state index in [-0.39, 0.29) is 12.3 Å². The van der Waals surface area contributed by atoms with Crippen molar-refractivity contribution >= 4 is 10.0 Å². The van der Waals surface area contributed by atoms with Gasteiger partial charge in [0.2, 0.25) is 10.0 Å². The molecule has 0 aliphatic carbocycles. The Hall–Kier alpha value is -1.76. The first-order chi connectivity index (χ1) is 11.4. The monoisotopic (exact) mass is 351 g/mol. The fourth-order valence-corrected chi connectivity index (χ4v) is 3.77. The number of hydrogen-bond donors (Lipinski definition) is 1. The van der Waals surface area contributed by atoms with Gasteiger partial charge in [0.1, 0.15) is 11.4 Å². The summed E-state index contributed by atoms with van der Waals surface area (Å²) < 4.78 is 45.9. The lowest BCUT2D eigenvalue weighted by atomic mass is 9.91. The average Bonchev–Trinajstić information content (AvgIpc) is 2.59. The normalized spacial score (nSPS) is 14.3. The van der Waals surface area contributed by atoms with E-state index in [2.05, 4.69) is 4.72 Å². The topological polar surface area (TPSA) is 55.4 Å². The molecular weight excluding hydrogens is 329 g/mol. The number of methoxy groups -OCH3 is 1. The zero-order valence-electron chi connectivity index (χ0n) is 13.8. The van der Waals surface area contributed by atoms with Crippen molar-refractivity contribution in [3.8, 4) is 0 Å². The molecule has 0 aliphatic heterocycles. The van der Waals surface area contributed by atoms with Crippen LogP contribution in [0.5, 0.6) is 0 Å². The molecule has 0 amide bonds. The molecule has 2 aromatic carbocycles. The van der Waals surface area contributed by atoms with Gasteiger partial charge in [0.15, 0.2) is 0 Å². The van der Waals surface area contributed by atoms with Crippen LogP contribution in [0.1, 0.15) is 24.5 Å². The predicted molar refractivity (Wildman–Crippen MR) is 92.4 cm³/mol. The number of sulfonamides is 1. The molecule has 0 saturated heterocycles. The minimum atomic E-state index is -3.56. The lowest BCUT2D eigenvalue weighted by Gasteiger charge is -2.32. The highest BCUT2D eigenvalue weighted by Gasteiger charge is 2.31. The third kappa shape index (κ3) is 4.63. The molecule has 0 fully saturated rings. The van der Waals surface area contributed by atoms with Gasteiger partial charge in [-0.1, -0.05) is 49.4 Å². The van der Waals surface area contributed by atoms with Gasteiger partial charge in [-0.15, -0.1) is 0 Å². The molecule has 0 aromatic heterocycles. The Balaban J connectivity index is 2.12. The van der Waals surface area contributed by atoms with Crippen molar-refractivity contribution in [3.05, 3.63) is 71.5 Å². The van der Waals surface area contributed by atoms with Crippen LogP contribution in [-0.4, -0.2) is 22.1 Å². The van der Waals surface area contributed by atoms with Crippen LogP contribution in [0.3, 0.4) is 0 Å². The van der Waals surface area contributed by atoms with Gasteiger partial charge < -0.3 is 4.74 Å². The van der Waals surface area contributed by atoms with Crippen LogP contribution < -0.4 is 4.72 Å². The number of halogens is 1. The van der Waals surface area contributed by atoms with Crippen molar-refractivity contribution in [3.63, 3.8) is 0 Å². The Morgan fingerprint density at radius 1 is 1.08 bits per heavy atom. The Bertz CT molecular complexity index is 742. The van der Waals surface area contributed by atoms with E-state index < -0.39 is 21.4 Å². The number of rotatable bonds is 8. The number of ether oxygens (including phenoxy) is 1. The van der Waals surface area contributed by atoms with Crippen molar-refractivity contribution in [1.29, 1.82) is 0 Å². The molecule has 0 spiro atoms. The molecule has 0 aliphatic rings. The second-order valence-corrected chi connectivity index (χ2v) is 7.43. The smallest absolute Gasteiger partial charge is 0.215 e. The summed E-state index contributed by atoms with van der Waals surface area (Å²) in [5.41, 5.74) is 0.722. The maximum atomic E-state index is 12.9. The Labute approximate surface area is 142 Å². The summed E-state index contributed by atoms with van der Waals surface area (Å²) in [4.78, 5) is 0. The van der Waals surface area contributed by atoms with Crippen LogP contribution >= 0.6 is 0 Å². The van der Waals surface area contributed by atoms with E-state index >= 15 is 0 Å². The minimum absolute atomic E-state index is 0.132. The van der Waals surface area contributed by atoms with Gasteiger partial charge in [-0.05, 0) is 29.7 Å². The van der Waals surface area contributed by atoms with Crippen LogP contribution in [0.15, 0.2) is 54.6 Å². The summed E-state index contributed by atoms with van der Waals surface area (Å²) in [5, 5.41) is 0. The second kappa shape index (κ2) is 7.88. The van der Waals surface area contributed by atoms with Crippen molar-refractivity contribution in [2.24, 2.45) is 0 Å². The van der Waals surface area contributed by atoms with E-state index in [1.807, 2.05) is 37.3 Å². The highest BCUT2D eigenvalue weighted by atomic mass is 32.2. The molecule has 2 aromatic rings. The van der Waals surface area contributed by atoms with Crippen LogP contribution in [0.2, 0.25) is 0 Å². The molecule has 0 heterocycles. The SMILES string of the molecule is CCC(CNS(=O)(=O)Cc1ccc(F)cc1)(OC)c1ccccc1. The fourth-order valence-electron chi connectivity index (χ4n) is 2.59. The summed E-state index contributed by atoms with van der Waals surface area (Å²) >= 11 is 0. The first-order valence-electron chi connectivity index (χ1n) is 7.73. The molecule has 6 heteroatoms. The first kappa shape index (κ1) is 18.6. The van der Waals surface area contributed by atoms with E-state index in [0.717, 1.165) is 5.56 Å². The first-order valence-corrected chi connectivity index (χ1v) is 9.38. The lowest BCUT2D eigenvalue weighted by molar-refractivity contribution is -0.0133. The van der Waals surface area contributed by atoms with Crippen molar-refractivity contribution < 1.29 is 17.5 Å². The third-order valence-corrected chi connectivity index (χ3v) is 5.41. The molecule has 0 bridgehead atoms. The van der Waals surface area contributed by atoms with Crippen molar-refractivity contribution in [1.82, 2.24) is 4.72 Å². The highest BCUT2D eigenvalue weighted by molar-refractivity contribution is 7.88. The maximum Gasteiger partial charge on any atom is 0.215 e. The summed E-state index contributed by atoms with van der Waals surface area (Å²) in [6.07, 6.45) is 0.618. The Morgan fingerprint density at radius 3 is 2.25 bits per heavy atom. The zero-order valence-corrected chi connectivity index (χ0v) is 14.6. The van der Waals surface area contributed by atoms with Crippen molar-refractivity contribution in [2.45, 2.75) is 24.7 Å². The van der Waals surface area contributed by atoms with Gasteiger partial charge >= 0.3 is 0 Å². The van der Waals surface area contributed by atoms with Crippen LogP contribution in [0.4, 0.5) is 4.39 Å². The fraction of sp³-hybridized carbons (Fsp3) is 0.333. The standard InChI is InChI=1S/C18H22FNO3S/c1-3-18(23-2,16-7-5-4-6-8-16)14-20-24(21,22)13-15-9-11-17(19)12-10-15/h4-12,20H,3,13-14H2,1-2H3. The quantitative estimate of drug-likeness (QED) is 0.795. The average molecular weight is 351 g/mol. The second-order valence-electron chi connectivity index (χ2n) is 5.62. The Kier molecular flexibility index (Phi) is 6.10. The van der Waals surface area contributed by atoms with E-state index in [4.69, 9.17) is 4.74 Å². The van der Waals surface area contributed by atoms with Gasteiger partial charge in [0.05, 0.1) is 5.75 Å². The lowest BCUT2D eigenvalue weighted by Crippen LogP contribution is -2.42. The molecule has 1 unspecified atom stereocenters. The Morgan fingerprint density at radius 2 is 1.71 bits per heavy atom. The van der Waals surface area contributed by atoms with E-state index in [1.54, 1.807) is 7.11 Å². The van der Waals surface area contributed by atoms with Gasteiger partial charge in [0, 0.05) is 13.7 Å². The molecule has 130 valence electrons. The van der Waals surface area contributed by atoms with Gasteiger partial charge in [-0.2, -0.15) is 0 Å². The molecule has 4 nitrogen and oxygen atoms in total. The summed E-state index contributed by atoms with van der Waals surface area (Å²) in [6, 6.07) is 15.0.